The molecular weight excluding hydrogens is 373 g/mol. The van der Waals surface area contributed by atoms with Gasteiger partial charge in [-0.1, -0.05) is 36.5 Å². The van der Waals surface area contributed by atoms with E-state index in [2.05, 4.69) is 15.8 Å². The zero-order chi connectivity index (χ0) is 18.8. The Morgan fingerprint density at radius 1 is 1.24 bits per heavy atom. The number of hydrogen-bond donors (Lipinski definition) is 3. The minimum absolute atomic E-state index is 0.0298. The molecule has 2 amide bonds. The number of halogens is 2. The number of nitrogens with zero attached hydrogens (tertiary/aromatic N) is 1. The van der Waals surface area contributed by atoms with Gasteiger partial charge in [0.25, 0.3) is 0 Å². The summed E-state index contributed by atoms with van der Waals surface area (Å²) in [4.78, 5) is 33.4. The number of amides is 2. The highest BCUT2D eigenvalue weighted by Crippen LogP contribution is 2.33. The van der Waals surface area contributed by atoms with E-state index in [1.54, 1.807) is 0 Å². The minimum Gasteiger partial charge on any atom is -0.479 e. The van der Waals surface area contributed by atoms with Crippen LogP contribution in [0.2, 0.25) is 10.0 Å². The molecule has 0 radical (unpaired) electrons. The second kappa shape index (κ2) is 10.5. The molecule has 0 saturated carbocycles. The first kappa shape index (κ1) is 20.7. The first-order chi connectivity index (χ1) is 11.8. The predicted octanol–water partition coefficient (Wildman–Crippen LogP) is 1.82. The van der Waals surface area contributed by atoms with Crippen molar-refractivity contribution in [1.29, 1.82) is 0 Å². The van der Waals surface area contributed by atoms with Crippen molar-refractivity contribution in [3.63, 3.8) is 0 Å². The lowest BCUT2D eigenvalue weighted by Gasteiger charge is -2.08. The van der Waals surface area contributed by atoms with Crippen LogP contribution in [0.4, 0.5) is 0 Å². The van der Waals surface area contributed by atoms with Gasteiger partial charge in [0.2, 0.25) is 0 Å². The second-order valence-electron chi connectivity index (χ2n) is 4.80. The molecule has 8 nitrogen and oxygen atoms in total. The molecule has 0 bridgehead atoms. The predicted molar refractivity (Wildman–Crippen MR) is 93.2 cm³/mol. The quantitative estimate of drug-likeness (QED) is 0.271. The van der Waals surface area contributed by atoms with Gasteiger partial charge in [0, 0.05) is 6.54 Å². The normalized spacial score (nSPS) is 10.5. The van der Waals surface area contributed by atoms with Crippen molar-refractivity contribution in [1.82, 2.24) is 10.7 Å². The van der Waals surface area contributed by atoms with E-state index in [0.29, 0.717) is 12.1 Å². The summed E-state index contributed by atoms with van der Waals surface area (Å²) in [6, 6.07) is 2.84. The average Bonchev–Trinajstić information content (AvgIpc) is 2.53. The molecule has 1 aromatic rings. The van der Waals surface area contributed by atoms with Gasteiger partial charge in [-0.15, -0.1) is 0 Å². The molecule has 0 unspecified atom stereocenters. The number of carbonyl (C=O) groups excluding carboxylic acids is 2. The number of carboxylic acid groups (broad SMARTS) is 1. The van der Waals surface area contributed by atoms with Crippen LogP contribution in [0, 0.1) is 0 Å². The Hall–Kier alpha value is -2.32. The van der Waals surface area contributed by atoms with Crippen molar-refractivity contribution < 1.29 is 24.2 Å². The van der Waals surface area contributed by atoms with Crippen LogP contribution in [0.1, 0.15) is 25.3 Å². The van der Waals surface area contributed by atoms with E-state index in [0.717, 1.165) is 12.8 Å². The molecule has 0 heterocycles. The lowest BCUT2D eigenvalue weighted by Crippen LogP contribution is -2.38. The number of aliphatic carboxylic acids is 1. The smallest absolute Gasteiger partial charge is 0.341 e. The van der Waals surface area contributed by atoms with Crippen LogP contribution < -0.4 is 15.5 Å². The molecule has 0 aromatic heterocycles. The van der Waals surface area contributed by atoms with E-state index in [1.165, 1.54) is 18.3 Å². The molecule has 0 atom stereocenters. The number of unbranched alkanes of at least 4 members (excludes halogenated alkanes) is 1. The fourth-order valence-electron chi connectivity index (χ4n) is 1.60. The van der Waals surface area contributed by atoms with E-state index < -0.39 is 24.4 Å². The molecule has 0 aliphatic carbocycles. The number of benzene rings is 1. The molecule has 0 aliphatic heterocycles. The Kier molecular flexibility index (Phi) is 8.73. The zero-order valence-corrected chi connectivity index (χ0v) is 14.9. The van der Waals surface area contributed by atoms with Gasteiger partial charge in [-0.05, 0) is 24.1 Å². The van der Waals surface area contributed by atoms with Crippen molar-refractivity contribution >= 4 is 47.2 Å². The van der Waals surface area contributed by atoms with Gasteiger partial charge < -0.3 is 15.2 Å². The fraction of sp³-hybridized carbons (Fsp3) is 0.333. The molecule has 25 heavy (non-hydrogen) atoms. The van der Waals surface area contributed by atoms with Crippen LogP contribution in [0.5, 0.6) is 5.75 Å². The fourth-order valence-corrected chi connectivity index (χ4v) is 2.21. The summed E-state index contributed by atoms with van der Waals surface area (Å²) in [5.74, 6) is -2.81. The Labute approximate surface area is 154 Å². The van der Waals surface area contributed by atoms with Gasteiger partial charge in [0.1, 0.15) is 0 Å². The first-order valence-electron chi connectivity index (χ1n) is 7.30. The van der Waals surface area contributed by atoms with Crippen molar-refractivity contribution in [2.75, 3.05) is 13.2 Å². The average molecular weight is 390 g/mol. The van der Waals surface area contributed by atoms with Gasteiger partial charge in [-0.2, -0.15) is 5.10 Å². The second-order valence-corrected chi connectivity index (χ2v) is 5.62. The number of carboxylic acids is 1. The van der Waals surface area contributed by atoms with Crippen LogP contribution in [-0.4, -0.2) is 42.3 Å². The molecule has 0 saturated heterocycles. The summed E-state index contributed by atoms with van der Waals surface area (Å²) in [6.45, 7) is 1.79. The van der Waals surface area contributed by atoms with Crippen molar-refractivity contribution in [3.8, 4) is 5.75 Å². The number of carbonyl (C=O) groups is 3. The Morgan fingerprint density at radius 2 is 1.88 bits per heavy atom. The Balaban J connectivity index is 2.64. The van der Waals surface area contributed by atoms with E-state index >= 15 is 0 Å². The number of nitrogens with one attached hydrogen (secondary N) is 2. The maximum Gasteiger partial charge on any atom is 0.341 e. The minimum atomic E-state index is -1.17. The number of rotatable bonds is 8. The van der Waals surface area contributed by atoms with Crippen LogP contribution in [0.15, 0.2) is 17.2 Å². The molecule has 136 valence electrons. The molecular formula is C15H17Cl2N3O5. The third-order valence-corrected chi connectivity index (χ3v) is 3.32. The number of hydrazone groups is 1. The van der Waals surface area contributed by atoms with Gasteiger partial charge >= 0.3 is 17.8 Å². The highest BCUT2D eigenvalue weighted by atomic mass is 35.5. The van der Waals surface area contributed by atoms with Crippen molar-refractivity contribution in [2.45, 2.75) is 19.8 Å². The molecule has 1 aromatic carbocycles. The highest BCUT2D eigenvalue weighted by molar-refractivity contribution is 6.37. The summed E-state index contributed by atoms with van der Waals surface area (Å²) in [7, 11) is 0. The zero-order valence-electron chi connectivity index (χ0n) is 13.3. The molecule has 10 heteroatoms. The third-order valence-electron chi connectivity index (χ3n) is 2.76. The third kappa shape index (κ3) is 7.40. The Bertz CT molecular complexity index is 656. The molecule has 1 rings (SSSR count). The van der Waals surface area contributed by atoms with E-state index in [1.807, 2.05) is 6.92 Å². The van der Waals surface area contributed by atoms with E-state index in [4.69, 9.17) is 33.0 Å². The largest absolute Gasteiger partial charge is 0.479 e. The van der Waals surface area contributed by atoms with Crippen molar-refractivity contribution in [3.05, 3.63) is 27.7 Å². The van der Waals surface area contributed by atoms with Gasteiger partial charge in [0.15, 0.2) is 12.4 Å². The van der Waals surface area contributed by atoms with E-state index in [9.17, 15) is 14.4 Å². The van der Waals surface area contributed by atoms with Crippen LogP contribution >= 0.6 is 23.2 Å². The number of ether oxygens (including phenoxy) is 1. The van der Waals surface area contributed by atoms with Crippen molar-refractivity contribution in [2.24, 2.45) is 5.10 Å². The SMILES string of the molecule is CCCCNC(=O)C(=O)N/N=C\c1cc(Cl)c(OCC(=O)O)c(Cl)c1. The summed E-state index contributed by atoms with van der Waals surface area (Å²) in [5.41, 5.74) is 2.50. The summed E-state index contributed by atoms with van der Waals surface area (Å²) < 4.78 is 4.97. The summed E-state index contributed by atoms with van der Waals surface area (Å²) in [6.07, 6.45) is 2.90. The van der Waals surface area contributed by atoms with Crippen LogP contribution in [0.25, 0.3) is 0 Å². The maximum atomic E-state index is 11.5. The standard InChI is InChI=1S/C15H17Cl2N3O5/c1-2-3-4-18-14(23)15(24)20-19-7-9-5-10(16)13(11(17)6-9)25-8-12(21)22/h5-7H,2-4,8H2,1H3,(H,18,23)(H,20,24)(H,21,22)/b19-7-. The first-order valence-corrected chi connectivity index (χ1v) is 8.05. The van der Waals surface area contributed by atoms with Gasteiger partial charge in [-0.3, -0.25) is 9.59 Å². The van der Waals surface area contributed by atoms with Gasteiger partial charge in [0.05, 0.1) is 16.3 Å². The lowest BCUT2D eigenvalue weighted by atomic mass is 10.2. The van der Waals surface area contributed by atoms with Crippen LogP contribution in [-0.2, 0) is 14.4 Å². The molecule has 0 aliphatic rings. The maximum absolute atomic E-state index is 11.5. The van der Waals surface area contributed by atoms with Crippen LogP contribution in [0.3, 0.4) is 0 Å². The highest BCUT2D eigenvalue weighted by Gasteiger charge is 2.12. The monoisotopic (exact) mass is 389 g/mol. The van der Waals surface area contributed by atoms with E-state index in [-0.39, 0.29) is 15.8 Å². The molecule has 3 N–H and O–H groups in total. The number of hydrogen-bond acceptors (Lipinski definition) is 5. The topological polar surface area (TPSA) is 117 Å². The lowest BCUT2D eigenvalue weighted by molar-refractivity contribution is -0.139. The van der Waals surface area contributed by atoms with Gasteiger partial charge in [-0.25, -0.2) is 10.2 Å². The summed E-state index contributed by atoms with van der Waals surface area (Å²) >= 11 is 11.9. The Morgan fingerprint density at radius 3 is 2.44 bits per heavy atom. The summed E-state index contributed by atoms with van der Waals surface area (Å²) in [5, 5.41) is 14.8. The molecule has 0 fully saturated rings. The molecule has 0 spiro atoms.